The molecule has 0 atom stereocenters. The Kier molecular flexibility index (Phi) is 5.73. The minimum atomic E-state index is -0.291. The number of carbonyl (C=O) groups is 2. The highest BCUT2D eigenvalue weighted by atomic mass is 16.2. The molecule has 1 aliphatic heterocycles. The molecule has 0 unspecified atom stereocenters. The predicted octanol–water partition coefficient (Wildman–Crippen LogP) is 4.33. The molecule has 3 heteroatoms. The van der Waals surface area contributed by atoms with Crippen LogP contribution in [0.25, 0.3) is 6.08 Å². The van der Waals surface area contributed by atoms with E-state index in [4.69, 9.17) is 0 Å². The molecule has 1 aromatic rings. The van der Waals surface area contributed by atoms with Gasteiger partial charge < -0.3 is 0 Å². The van der Waals surface area contributed by atoms with Crippen LogP contribution >= 0.6 is 0 Å². The molecule has 0 aliphatic carbocycles. The molecule has 2 rings (SSSR count). The lowest BCUT2D eigenvalue weighted by Crippen LogP contribution is -2.20. The normalized spacial score (nSPS) is 13.8. The van der Waals surface area contributed by atoms with Gasteiger partial charge >= 0.3 is 0 Å². The fourth-order valence-corrected chi connectivity index (χ4v) is 2.64. The first-order valence-corrected chi connectivity index (χ1v) is 7.89. The Morgan fingerprint density at radius 3 is 2.57 bits per heavy atom. The molecule has 0 saturated carbocycles. The van der Waals surface area contributed by atoms with E-state index >= 15 is 0 Å². The zero-order valence-corrected chi connectivity index (χ0v) is 12.7. The second kappa shape index (κ2) is 7.77. The predicted molar refractivity (Wildman–Crippen MR) is 85.3 cm³/mol. The summed E-state index contributed by atoms with van der Waals surface area (Å²) in [6.45, 7) is 2.22. The van der Waals surface area contributed by atoms with Gasteiger partial charge in [0.15, 0.2) is 0 Å². The number of imide groups is 1. The first kappa shape index (κ1) is 15.5. The SMILES string of the molecule is CCCCCCCCC=Cc1cccc2c1C(=O)NC2=O. The van der Waals surface area contributed by atoms with Crippen LogP contribution in [0.5, 0.6) is 0 Å². The smallest absolute Gasteiger partial charge is 0.259 e. The van der Waals surface area contributed by atoms with Crippen LogP contribution in [-0.4, -0.2) is 11.8 Å². The highest BCUT2D eigenvalue weighted by molar-refractivity contribution is 6.22. The van der Waals surface area contributed by atoms with E-state index in [9.17, 15) is 9.59 Å². The third-order valence-corrected chi connectivity index (χ3v) is 3.82. The zero-order chi connectivity index (χ0) is 15.1. The Morgan fingerprint density at radius 1 is 1.00 bits per heavy atom. The van der Waals surface area contributed by atoms with Crippen molar-refractivity contribution >= 4 is 17.9 Å². The van der Waals surface area contributed by atoms with Gasteiger partial charge in [0.1, 0.15) is 0 Å². The zero-order valence-electron chi connectivity index (χ0n) is 12.7. The average molecular weight is 285 g/mol. The van der Waals surface area contributed by atoms with E-state index in [1.54, 1.807) is 6.07 Å². The van der Waals surface area contributed by atoms with Gasteiger partial charge in [0.2, 0.25) is 0 Å². The molecule has 0 saturated heterocycles. The van der Waals surface area contributed by atoms with Crippen molar-refractivity contribution in [1.29, 1.82) is 0 Å². The molecule has 1 N–H and O–H groups in total. The molecule has 0 aromatic heterocycles. The second-order valence-electron chi connectivity index (χ2n) is 5.51. The summed E-state index contributed by atoms with van der Waals surface area (Å²) in [5.41, 5.74) is 1.84. The summed E-state index contributed by atoms with van der Waals surface area (Å²) in [7, 11) is 0. The van der Waals surface area contributed by atoms with E-state index in [-0.39, 0.29) is 11.8 Å². The number of benzene rings is 1. The number of unbranched alkanes of at least 4 members (excludes halogenated alkanes) is 6. The monoisotopic (exact) mass is 285 g/mol. The summed E-state index contributed by atoms with van der Waals surface area (Å²) >= 11 is 0. The maximum atomic E-state index is 11.8. The minimum Gasteiger partial charge on any atom is -0.288 e. The molecule has 1 aromatic carbocycles. The van der Waals surface area contributed by atoms with E-state index in [0.29, 0.717) is 11.1 Å². The van der Waals surface area contributed by atoms with Crippen LogP contribution in [0.15, 0.2) is 24.3 Å². The lowest BCUT2D eigenvalue weighted by Gasteiger charge is -2.00. The molecule has 0 radical (unpaired) electrons. The average Bonchev–Trinajstić information content (AvgIpc) is 2.78. The molecule has 3 nitrogen and oxygen atoms in total. The van der Waals surface area contributed by atoms with Crippen LogP contribution in [0.4, 0.5) is 0 Å². The van der Waals surface area contributed by atoms with Crippen LogP contribution in [0, 0.1) is 0 Å². The Bertz CT molecular complexity index is 546. The minimum absolute atomic E-state index is 0.283. The van der Waals surface area contributed by atoms with Crippen molar-refractivity contribution in [3.8, 4) is 0 Å². The molecule has 1 heterocycles. The van der Waals surface area contributed by atoms with Gasteiger partial charge in [-0.15, -0.1) is 0 Å². The Hall–Kier alpha value is -1.90. The van der Waals surface area contributed by atoms with Gasteiger partial charge in [-0.2, -0.15) is 0 Å². The lowest BCUT2D eigenvalue weighted by atomic mass is 10.0. The van der Waals surface area contributed by atoms with Gasteiger partial charge in [-0.3, -0.25) is 14.9 Å². The number of allylic oxidation sites excluding steroid dienone is 1. The molecule has 0 spiro atoms. The van der Waals surface area contributed by atoms with Gasteiger partial charge in [-0.1, -0.05) is 63.3 Å². The van der Waals surface area contributed by atoms with E-state index in [1.165, 1.54) is 38.5 Å². The fourth-order valence-electron chi connectivity index (χ4n) is 2.64. The van der Waals surface area contributed by atoms with E-state index in [1.807, 2.05) is 18.2 Å². The number of carbonyl (C=O) groups excluding carboxylic acids is 2. The molecule has 1 aliphatic rings. The third-order valence-electron chi connectivity index (χ3n) is 3.82. The highest BCUT2D eigenvalue weighted by Gasteiger charge is 2.28. The van der Waals surface area contributed by atoms with Crippen molar-refractivity contribution in [2.75, 3.05) is 0 Å². The molecule has 2 amide bonds. The molecule has 21 heavy (non-hydrogen) atoms. The number of rotatable bonds is 8. The van der Waals surface area contributed by atoms with E-state index in [0.717, 1.165) is 12.0 Å². The highest BCUT2D eigenvalue weighted by Crippen LogP contribution is 2.21. The second-order valence-corrected chi connectivity index (χ2v) is 5.51. The fraction of sp³-hybridized carbons (Fsp3) is 0.444. The van der Waals surface area contributed by atoms with Crippen molar-refractivity contribution < 1.29 is 9.59 Å². The van der Waals surface area contributed by atoms with Crippen LogP contribution in [0.3, 0.4) is 0 Å². The summed E-state index contributed by atoms with van der Waals surface area (Å²) in [4.78, 5) is 23.3. The van der Waals surface area contributed by atoms with Gasteiger partial charge in [-0.05, 0) is 24.5 Å². The summed E-state index contributed by atoms with van der Waals surface area (Å²) in [6.07, 6.45) is 12.8. The number of fused-ring (bicyclic) bond motifs is 1. The van der Waals surface area contributed by atoms with Crippen LogP contribution < -0.4 is 5.32 Å². The Balaban J connectivity index is 1.85. The standard InChI is InChI=1S/C18H23NO2/c1-2-3-4-5-6-7-8-9-11-14-12-10-13-15-16(14)18(21)19-17(15)20/h9-13H,2-8H2,1H3,(H,19,20,21). The first-order chi connectivity index (χ1) is 10.2. The van der Waals surface area contributed by atoms with Crippen molar-refractivity contribution in [3.63, 3.8) is 0 Å². The van der Waals surface area contributed by atoms with Gasteiger partial charge in [-0.25, -0.2) is 0 Å². The van der Waals surface area contributed by atoms with Crippen molar-refractivity contribution in [1.82, 2.24) is 5.32 Å². The Morgan fingerprint density at radius 2 is 1.76 bits per heavy atom. The van der Waals surface area contributed by atoms with E-state index in [2.05, 4.69) is 18.3 Å². The number of nitrogens with one attached hydrogen (secondary N) is 1. The lowest BCUT2D eigenvalue weighted by molar-refractivity contribution is 0.0879. The summed E-state index contributed by atoms with van der Waals surface area (Å²) < 4.78 is 0. The maximum absolute atomic E-state index is 11.8. The van der Waals surface area contributed by atoms with Gasteiger partial charge in [0.05, 0.1) is 11.1 Å². The van der Waals surface area contributed by atoms with Crippen molar-refractivity contribution in [2.24, 2.45) is 0 Å². The van der Waals surface area contributed by atoms with Crippen LogP contribution in [-0.2, 0) is 0 Å². The van der Waals surface area contributed by atoms with Gasteiger partial charge in [0, 0.05) is 0 Å². The van der Waals surface area contributed by atoms with Crippen molar-refractivity contribution in [3.05, 3.63) is 41.0 Å². The molecular weight excluding hydrogens is 262 g/mol. The summed E-state index contributed by atoms with van der Waals surface area (Å²) in [5, 5.41) is 2.34. The van der Waals surface area contributed by atoms with Crippen molar-refractivity contribution in [2.45, 2.75) is 51.9 Å². The topological polar surface area (TPSA) is 46.2 Å². The van der Waals surface area contributed by atoms with Crippen LogP contribution in [0.1, 0.15) is 78.1 Å². The van der Waals surface area contributed by atoms with Crippen LogP contribution in [0.2, 0.25) is 0 Å². The van der Waals surface area contributed by atoms with E-state index < -0.39 is 0 Å². The number of hydrogen-bond donors (Lipinski definition) is 1. The first-order valence-electron chi connectivity index (χ1n) is 7.89. The molecule has 112 valence electrons. The summed E-state index contributed by atoms with van der Waals surface area (Å²) in [5.74, 6) is -0.573. The quantitative estimate of drug-likeness (QED) is 0.570. The maximum Gasteiger partial charge on any atom is 0.259 e. The molecule has 0 fully saturated rings. The largest absolute Gasteiger partial charge is 0.288 e. The molecule has 0 bridgehead atoms. The number of hydrogen-bond acceptors (Lipinski definition) is 2. The van der Waals surface area contributed by atoms with Gasteiger partial charge in [0.25, 0.3) is 11.8 Å². The summed E-state index contributed by atoms with van der Waals surface area (Å²) in [6, 6.07) is 5.40. The Labute approximate surface area is 126 Å². The third kappa shape index (κ3) is 4.03. The number of amides is 2. The molecular formula is C18H23NO2.